The standard InChI is InChI=1S/C23H20N2O4S/c1-15-5-2-3-8-20(15)22(27)25-18-6-4-7-19(13-18)30-14-21(26)24-17-11-9-16(10-12-17)23(28)29/h2-13H,14H2,1H3,(H,24,26)(H,25,27)(H,28,29). The zero-order valence-electron chi connectivity index (χ0n) is 16.2. The van der Waals surface area contributed by atoms with Crippen molar-refractivity contribution in [1.29, 1.82) is 0 Å². The normalized spacial score (nSPS) is 10.3. The average molecular weight is 420 g/mol. The van der Waals surface area contributed by atoms with Gasteiger partial charge in [0.05, 0.1) is 11.3 Å². The Hall–Kier alpha value is -3.58. The van der Waals surface area contributed by atoms with E-state index in [0.717, 1.165) is 10.5 Å². The van der Waals surface area contributed by atoms with Gasteiger partial charge in [-0.2, -0.15) is 0 Å². The van der Waals surface area contributed by atoms with Gasteiger partial charge in [0.2, 0.25) is 5.91 Å². The van der Waals surface area contributed by atoms with Crippen LogP contribution in [0.4, 0.5) is 11.4 Å². The van der Waals surface area contributed by atoms with Gasteiger partial charge in [0, 0.05) is 21.8 Å². The first-order valence-electron chi connectivity index (χ1n) is 9.15. The number of aryl methyl sites for hydroxylation is 1. The molecule has 3 rings (SSSR count). The predicted molar refractivity (Wildman–Crippen MR) is 118 cm³/mol. The van der Waals surface area contributed by atoms with Crippen molar-refractivity contribution in [3.63, 3.8) is 0 Å². The number of rotatable bonds is 7. The second kappa shape index (κ2) is 9.76. The maximum absolute atomic E-state index is 12.5. The van der Waals surface area contributed by atoms with Crippen LogP contribution in [0.2, 0.25) is 0 Å². The molecule has 0 saturated carbocycles. The van der Waals surface area contributed by atoms with Crippen molar-refractivity contribution >= 4 is 40.9 Å². The Balaban J connectivity index is 1.56. The van der Waals surface area contributed by atoms with Crippen LogP contribution in [0.1, 0.15) is 26.3 Å². The van der Waals surface area contributed by atoms with Crippen LogP contribution in [0, 0.1) is 6.92 Å². The topological polar surface area (TPSA) is 95.5 Å². The van der Waals surface area contributed by atoms with Crippen LogP contribution in [0.3, 0.4) is 0 Å². The van der Waals surface area contributed by atoms with Crippen LogP contribution in [-0.4, -0.2) is 28.6 Å². The minimum absolute atomic E-state index is 0.159. The molecule has 0 bridgehead atoms. The molecular weight excluding hydrogens is 400 g/mol. The van der Waals surface area contributed by atoms with E-state index in [1.807, 2.05) is 43.3 Å². The molecule has 7 heteroatoms. The number of hydrogen-bond donors (Lipinski definition) is 3. The Labute approximate surface area is 178 Å². The van der Waals surface area contributed by atoms with Gasteiger partial charge in [-0.05, 0) is 61.0 Å². The zero-order chi connectivity index (χ0) is 21.5. The molecule has 0 heterocycles. The maximum Gasteiger partial charge on any atom is 0.335 e. The Kier molecular flexibility index (Phi) is 6.87. The first kappa shape index (κ1) is 21.1. The molecule has 30 heavy (non-hydrogen) atoms. The fourth-order valence-corrected chi connectivity index (χ4v) is 3.49. The summed E-state index contributed by atoms with van der Waals surface area (Å²) < 4.78 is 0. The summed E-state index contributed by atoms with van der Waals surface area (Å²) in [6.45, 7) is 1.88. The molecule has 6 nitrogen and oxygen atoms in total. The summed E-state index contributed by atoms with van der Waals surface area (Å²) in [5.41, 5.74) is 2.85. The third kappa shape index (κ3) is 5.71. The van der Waals surface area contributed by atoms with E-state index in [2.05, 4.69) is 10.6 Å². The predicted octanol–water partition coefficient (Wildman–Crippen LogP) is 4.68. The molecule has 0 radical (unpaired) electrons. The molecule has 0 aromatic heterocycles. The molecule has 3 aromatic carbocycles. The number of aromatic carboxylic acids is 1. The first-order chi connectivity index (χ1) is 14.4. The highest BCUT2D eigenvalue weighted by atomic mass is 32.2. The van der Waals surface area contributed by atoms with Gasteiger partial charge in [0.1, 0.15) is 0 Å². The number of carbonyl (C=O) groups is 3. The van der Waals surface area contributed by atoms with E-state index >= 15 is 0 Å². The number of anilines is 2. The number of nitrogens with one attached hydrogen (secondary N) is 2. The number of carboxylic acids is 1. The Bertz CT molecular complexity index is 1080. The van der Waals surface area contributed by atoms with Gasteiger partial charge < -0.3 is 15.7 Å². The molecule has 3 N–H and O–H groups in total. The Morgan fingerprint density at radius 1 is 0.867 bits per heavy atom. The molecule has 0 atom stereocenters. The van der Waals surface area contributed by atoms with Crippen LogP contribution in [0.15, 0.2) is 77.7 Å². The summed E-state index contributed by atoms with van der Waals surface area (Å²) >= 11 is 1.34. The molecule has 2 amide bonds. The van der Waals surface area contributed by atoms with Crippen molar-refractivity contribution in [3.05, 3.63) is 89.5 Å². The number of hydrogen-bond acceptors (Lipinski definition) is 4. The van der Waals surface area contributed by atoms with E-state index < -0.39 is 5.97 Å². The second-order valence-electron chi connectivity index (χ2n) is 6.52. The lowest BCUT2D eigenvalue weighted by Crippen LogP contribution is -2.14. The van der Waals surface area contributed by atoms with Crippen molar-refractivity contribution in [1.82, 2.24) is 0 Å². The smallest absolute Gasteiger partial charge is 0.335 e. The lowest BCUT2D eigenvalue weighted by atomic mass is 10.1. The fraction of sp³-hybridized carbons (Fsp3) is 0.0870. The lowest BCUT2D eigenvalue weighted by Gasteiger charge is -2.09. The molecule has 0 aliphatic carbocycles. The van der Waals surface area contributed by atoms with Crippen LogP contribution in [0.5, 0.6) is 0 Å². The lowest BCUT2D eigenvalue weighted by molar-refractivity contribution is -0.113. The van der Waals surface area contributed by atoms with E-state index in [-0.39, 0.29) is 23.1 Å². The highest BCUT2D eigenvalue weighted by Gasteiger charge is 2.10. The Morgan fingerprint density at radius 3 is 2.30 bits per heavy atom. The van der Waals surface area contributed by atoms with Crippen LogP contribution >= 0.6 is 11.8 Å². The second-order valence-corrected chi connectivity index (χ2v) is 7.56. The number of benzene rings is 3. The average Bonchev–Trinajstić information content (AvgIpc) is 2.73. The molecule has 0 spiro atoms. The van der Waals surface area contributed by atoms with Gasteiger partial charge in [0.15, 0.2) is 0 Å². The van der Waals surface area contributed by atoms with Gasteiger partial charge in [-0.15, -0.1) is 11.8 Å². The van der Waals surface area contributed by atoms with Crippen molar-refractivity contribution in [2.24, 2.45) is 0 Å². The monoisotopic (exact) mass is 420 g/mol. The quantitative estimate of drug-likeness (QED) is 0.483. The summed E-state index contributed by atoms with van der Waals surface area (Å²) in [6.07, 6.45) is 0. The van der Waals surface area contributed by atoms with Crippen LogP contribution < -0.4 is 10.6 Å². The summed E-state index contributed by atoms with van der Waals surface area (Å²) in [5, 5.41) is 14.5. The van der Waals surface area contributed by atoms with Crippen molar-refractivity contribution in [2.45, 2.75) is 11.8 Å². The molecule has 152 valence electrons. The zero-order valence-corrected chi connectivity index (χ0v) is 17.0. The number of thioether (sulfide) groups is 1. The molecule has 0 saturated heterocycles. The van der Waals surface area contributed by atoms with Gasteiger partial charge in [-0.1, -0.05) is 24.3 Å². The maximum atomic E-state index is 12.5. The highest BCUT2D eigenvalue weighted by Crippen LogP contribution is 2.23. The van der Waals surface area contributed by atoms with Crippen molar-refractivity contribution < 1.29 is 19.5 Å². The summed E-state index contributed by atoms with van der Waals surface area (Å²) in [5.74, 6) is -1.23. The van der Waals surface area contributed by atoms with Crippen LogP contribution in [-0.2, 0) is 4.79 Å². The largest absolute Gasteiger partial charge is 0.478 e. The number of amides is 2. The molecular formula is C23H20N2O4S. The molecule has 3 aromatic rings. The van der Waals surface area contributed by atoms with Crippen molar-refractivity contribution in [2.75, 3.05) is 16.4 Å². The third-order valence-corrected chi connectivity index (χ3v) is 5.26. The van der Waals surface area contributed by atoms with Gasteiger partial charge in [-0.3, -0.25) is 9.59 Å². The van der Waals surface area contributed by atoms with Gasteiger partial charge in [0.25, 0.3) is 5.91 Å². The van der Waals surface area contributed by atoms with Crippen LogP contribution in [0.25, 0.3) is 0 Å². The van der Waals surface area contributed by atoms with E-state index in [0.29, 0.717) is 16.9 Å². The van der Waals surface area contributed by atoms with Crippen molar-refractivity contribution in [3.8, 4) is 0 Å². The minimum Gasteiger partial charge on any atom is -0.478 e. The summed E-state index contributed by atoms with van der Waals surface area (Å²) in [7, 11) is 0. The number of carbonyl (C=O) groups excluding carboxylic acids is 2. The molecule has 0 aliphatic heterocycles. The van der Waals surface area contributed by atoms with Gasteiger partial charge >= 0.3 is 5.97 Å². The fourth-order valence-electron chi connectivity index (χ4n) is 2.73. The first-order valence-corrected chi connectivity index (χ1v) is 10.1. The highest BCUT2D eigenvalue weighted by molar-refractivity contribution is 8.00. The minimum atomic E-state index is -1.02. The van der Waals surface area contributed by atoms with E-state index in [4.69, 9.17) is 5.11 Å². The SMILES string of the molecule is Cc1ccccc1C(=O)Nc1cccc(SCC(=O)Nc2ccc(C(=O)O)cc2)c1. The molecule has 0 unspecified atom stereocenters. The summed E-state index contributed by atoms with van der Waals surface area (Å²) in [4.78, 5) is 36.3. The molecule has 0 aliphatic rings. The summed E-state index contributed by atoms with van der Waals surface area (Å²) in [6, 6.07) is 20.6. The molecule has 0 fully saturated rings. The Morgan fingerprint density at radius 2 is 1.60 bits per heavy atom. The third-order valence-electron chi connectivity index (χ3n) is 4.27. The van der Waals surface area contributed by atoms with E-state index in [9.17, 15) is 14.4 Å². The van der Waals surface area contributed by atoms with Gasteiger partial charge in [-0.25, -0.2) is 4.79 Å². The van der Waals surface area contributed by atoms with E-state index in [1.54, 1.807) is 24.3 Å². The number of carboxylic acid groups (broad SMARTS) is 1. The van der Waals surface area contributed by atoms with E-state index in [1.165, 1.54) is 23.9 Å².